The van der Waals surface area contributed by atoms with E-state index in [2.05, 4.69) is 10.3 Å². The van der Waals surface area contributed by atoms with Gasteiger partial charge in [-0.05, 0) is 23.6 Å². The highest BCUT2D eigenvalue weighted by atomic mass is 35.5. The topological polar surface area (TPSA) is 75.0 Å². The Labute approximate surface area is 145 Å². The number of alkyl carbamates (subject to hydrolysis) is 1. The molecule has 0 fully saturated rings. The van der Waals surface area contributed by atoms with Gasteiger partial charge in [-0.1, -0.05) is 54.1 Å². The summed E-state index contributed by atoms with van der Waals surface area (Å²) in [5.74, 6) is 0. The Morgan fingerprint density at radius 3 is 2.92 bits per heavy atom. The number of amides is 1. The molecular weight excluding hydrogens is 326 g/mol. The number of carbonyl (C=O) groups excluding carboxylic acids is 1. The molecule has 1 N–H and O–H groups in total. The fraction of sp³-hybridized carbons (Fsp3) is 0.167. The number of nitriles is 1. The minimum atomic E-state index is -0.452. The number of rotatable bonds is 6. The number of carbonyl (C=O) groups is 1. The fourth-order valence-corrected chi connectivity index (χ4v) is 2.03. The average Bonchev–Trinajstić information content (AvgIpc) is 2.62. The standard InChI is InChI=1S/C18H16ClN3O2/c19-17-16(11-20)10-15(12-22-17)8-4-5-9-21-18(23)24-13-14-6-2-1-3-7-14/h1-4,6-8,10,12H,5,9,13H2,(H,21,23). The summed E-state index contributed by atoms with van der Waals surface area (Å²) in [6.45, 7) is 0.701. The molecule has 6 heteroatoms. The number of aromatic nitrogens is 1. The van der Waals surface area contributed by atoms with Gasteiger partial charge in [-0.3, -0.25) is 0 Å². The van der Waals surface area contributed by atoms with Crippen molar-refractivity contribution in [3.8, 4) is 6.07 Å². The van der Waals surface area contributed by atoms with Gasteiger partial charge >= 0.3 is 6.09 Å². The minimum Gasteiger partial charge on any atom is -0.445 e. The third-order valence-corrected chi connectivity index (χ3v) is 3.39. The minimum absolute atomic E-state index is 0.192. The van der Waals surface area contributed by atoms with Gasteiger partial charge in [-0.25, -0.2) is 9.78 Å². The van der Waals surface area contributed by atoms with Gasteiger partial charge in [0.2, 0.25) is 0 Å². The van der Waals surface area contributed by atoms with Crippen molar-refractivity contribution < 1.29 is 9.53 Å². The highest BCUT2D eigenvalue weighted by Crippen LogP contribution is 2.14. The van der Waals surface area contributed by atoms with Crippen LogP contribution in [0.3, 0.4) is 0 Å². The monoisotopic (exact) mass is 341 g/mol. The number of hydrogen-bond donors (Lipinski definition) is 1. The van der Waals surface area contributed by atoms with Gasteiger partial charge in [0.25, 0.3) is 0 Å². The van der Waals surface area contributed by atoms with Crippen LogP contribution in [0.25, 0.3) is 6.08 Å². The van der Waals surface area contributed by atoms with Crippen LogP contribution in [-0.2, 0) is 11.3 Å². The number of pyridine rings is 1. The van der Waals surface area contributed by atoms with Crippen LogP contribution in [0.15, 0.2) is 48.7 Å². The SMILES string of the molecule is N#Cc1cc(C=CCCNC(=O)OCc2ccccc2)cnc1Cl. The Morgan fingerprint density at radius 2 is 2.17 bits per heavy atom. The predicted molar refractivity (Wildman–Crippen MR) is 92.2 cm³/mol. The second-order valence-corrected chi connectivity index (χ2v) is 5.26. The lowest BCUT2D eigenvalue weighted by Gasteiger charge is -2.05. The molecule has 5 nitrogen and oxygen atoms in total. The van der Waals surface area contributed by atoms with Gasteiger partial charge in [0.1, 0.15) is 17.8 Å². The number of benzene rings is 1. The van der Waals surface area contributed by atoms with Crippen LogP contribution in [0.1, 0.15) is 23.1 Å². The van der Waals surface area contributed by atoms with E-state index in [0.717, 1.165) is 11.1 Å². The lowest BCUT2D eigenvalue weighted by molar-refractivity contribution is 0.140. The molecule has 1 aromatic carbocycles. The maximum Gasteiger partial charge on any atom is 0.407 e. The van der Waals surface area contributed by atoms with E-state index >= 15 is 0 Å². The van der Waals surface area contributed by atoms with Crippen molar-refractivity contribution in [3.05, 3.63) is 70.5 Å². The fourth-order valence-electron chi connectivity index (χ4n) is 1.88. The zero-order chi connectivity index (χ0) is 17.2. The number of ether oxygens (including phenoxy) is 1. The van der Waals surface area contributed by atoms with Crippen molar-refractivity contribution in [2.75, 3.05) is 6.54 Å². The molecule has 2 rings (SSSR count). The van der Waals surface area contributed by atoms with Gasteiger partial charge in [0.15, 0.2) is 0 Å². The van der Waals surface area contributed by atoms with E-state index in [0.29, 0.717) is 18.5 Å². The Hall–Kier alpha value is -2.84. The van der Waals surface area contributed by atoms with Gasteiger partial charge in [-0.2, -0.15) is 5.26 Å². The van der Waals surface area contributed by atoms with E-state index in [1.807, 2.05) is 48.6 Å². The summed E-state index contributed by atoms with van der Waals surface area (Å²) in [5, 5.41) is 11.7. The quantitative estimate of drug-likeness (QED) is 0.638. The first-order valence-corrected chi connectivity index (χ1v) is 7.73. The van der Waals surface area contributed by atoms with Crippen LogP contribution in [0.2, 0.25) is 5.15 Å². The molecule has 0 aliphatic rings. The number of halogens is 1. The molecule has 0 saturated carbocycles. The van der Waals surface area contributed by atoms with Crippen molar-refractivity contribution >= 4 is 23.8 Å². The van der Waals surface area contributed by atoms with Crippen molar-refractivity contribution in [3.63, 3.8) is 0 Å². The number of nitrogens with zero attached hydrogens (tertiary/aromatic N) is 2. The predicted octanol–water partition coefficient (Wildman–Crippen LogP) is 3.94. The molecule has 0 bridgehead atoms. The smallest absolute Gasteiger partial charge is 0.407 e. The lowest BCUT2D eigenvalue weighted by atomic mass is 10.2. The molecular formula is C18H16ClN3O2. The van der Waals surface area contributed by atoms with E-state index in [-0.39, 0.29) is 11.8 Å². The summed E-state index contributed by atoms with van der Waals surface area (Å²) >= 11 is 5.77. The second-order valence-electron chi connectivity index (χ2n) is 4.90. The van der Waals surface area contributed by atoms with Gasteiger partial charge < -0.3 is 10.1 Å². The molecule has 1 aromatic heterocycles. The molecule has 0 spiro atoms. The Balaban J connectivity index is 1.69. The normalized spacial score (nSPS) is 10.3. The summed E-state index contributed by atoms with van der Waals surface area (Å²) in [7, 11) is 0. The average molecular weight is 342 g/mol. The summed E-state index contributed by atoms with van der Waals surface area (Å²) in [6.07, 6.45) is 5.46. The van der Waals surface area contributed by atoms with Gasteiger partial charge in [-0.15, -0.1) is 0 Å². The highest BCUT2D eigenvalue weighted by molar-refractivity contribution is 6.30. The van der Waals surface area contributed by atoms with Crippen LogP contribution < -0.4 is 5.32 Å². The lowest BCUT2D eigenvalue weighted by Crippen LogP contribution is -2.24. The first kappa shape index (κ1) is 17.5. The van der Waals surface area contributed by atoms with Gasteiger partial charge in [0, 0.05) is 12.7 Å². The molecule has 0 aliphatic carbocycles. The Morgan fingerprint density at radius 1 is 1.38 bits per heavy atom. The maximum absolute atomic E-state index is 11.6. The molecule has 2 aromatic rings. The first-order valence-electron chi connectivity index (χ1n) is 7.36. The summed E-state index contributed by atoms with van der Waals surface area (Å²) in [5.41, 5.74) is 2.06. The largest absolute Gasteiger partial charge is 0.445 e. The Bertz CT molecular complexity index is 755. The van der Waals surface area contributed by atoms with Crippen LogP contribution in [0.4, 0.5) is 4.79 Å². The third kappa shape index (κ3) is 5.75. The van der Waals surface area contributed by atoms with Crippen molar-refractivity contribution in [1.82, 2.24) is 10.3 Å². The van der Waals surface area contributed by atoms with Crippen LogP contribution in [0, 0.1) is 11.3 Å². The van der Waals surface area contributed by atoms with Crippen LogP contribution >= 0.6 is 11.6 Å². The molecule has 1 heterocycles. The van der Waals surface area contributed by atoms with Crippen molar-refractivity contribution in [2.24, 2.45) is 0 Å². The zero-order valence-corrected chi connectivity index (χ0v) is 13.7. The molecule has 0 unspecified atom stereocenters. The third-order valence-electron chi connectivity index (χ3n) is 3.08. The van der Waals surface area contributed by atoms with E-state index < -0.39 is 6.09 Å². The number of nitrogens with one attached hydrogen (secondary N) is 1. The van der Waals surface area contributed by atoms with Crippen LogP contribution in [-0.4, -0.2) is 17.6 Å². The van der Waals surface area contributed by atoms with E-state index in [1.54, 1.807) is 12.3 Å². The van der Waals surface area contributed by atoms with E-state index in [9.17, 15) is 4.79 Å². The summed E-state index contributed by atoms with van der Waals surface area (Å²) in [4.78, 5) is 15.5. The molecule has 122 valence electrons. The second kappa shape index (κ2) is 9.33. The molecule has 0 atom stereocenters. The molecule has 1 amide bonds. The van der Waals surface area contributed by atoms with Crippen molar-refractivity contribution in [2.45, 2.75) is 13.0 Å². The first-order chi connectivity index (χ1) is 11.7. The summed E-state index contributed by atoms with van der Waals surface area (Å²) in [6, 6.07) is 13.1. The van der Waals surface area contributed by atoms with E-state index in [1.165, 1.54) is 0 Å². The molecule has 24 heavy (non-hydrogen) atoms. The Kier molecular flexibility index (Phi) is 6.81. The van der Waals surface area contributed by atoms with Gasteiger partial charge in [0.05, 0.1) is 5.56 Å². The number of hydrogen-bond acceptors (Lipinski definition) is 4. The maximum atomic E-state index is 11.6. The van der Waals surface area contributed by atoms with E-state index in [4.69, 9.17) is 21.6 Å². The highest BCUT2D eigenvalue weighted by Gasteiger charge is 2.02. The molecule has 0 saturated heterocycles. The van der Waals surface area contributed by atoms with Crippen molar-refractivity contribution in [1.29, 1.82) is 5.26 Å². The molecule has 0 radical (unpaired) electrons. The zero-order valence-electron chi connectivity index (χ0n) is 12.9. The van der Waals surface area contributed by atoms with Crippen LogP contribution in [0.5, 0.6) is 0 Å². The summed E-state index contributed by atoms with van der Waals surface area (Å²) < 4.78 is 5.10. The molecule has 0 aliphatic heterocycles.